The van der Waals surface area contributed by atoms with Gasteiger partial charge in [0.2, 0.25) is 0 Å². The van der Waals surface area contributed by atoms with E-state index < -0.39 is 0 Å². The van der Waals surface area contributed by atoms with E-state index >= 15 is 0 Å². The van der Waals surface area contributed by atoms with E-state index in [1.54, 1.807) is 23.9 Å². The Morgan fingerprint density at radius 3 is 2.65 bits per heavy atom. The Labute approximate surface area is 133 Å². The molecule has 0 fully saturated rings. The molecule has 5 nitrogen and oxygen atoms in total. The van der Waals surface area contributed by atoms with Gasteiger partial charge in [-0.25, -0.2) is 9.07 Å². The van der Waals surface area contributed by atoms with E-state index in [1.807, 2.05) is 18.2 Å². The SMILES string of the molecule is COCCOCn1nc(-c2ccc(F)cc2)c2cc(N)ccc21. The molecule has 0 unspecified atom stereocenters. The van der Waals surface area contributed by atoms with E-state index in [0.29, 0.717) is 25.6 Å². The number of methoxy groups -OCH3 is 1. The summed E-state index contributed by atoms with van der Waals surface area (Å²) in [5.41, 5.74) is 9.05. The lowest BCUT2D eigenvalue weighted by molar-refractivity contribution is 0.0309. The number of benzene rings is 2. The largest absolute Gasteiger partial charge is 0.399 e. The number of nitrogens with zero attached hydrogens (tertiary/aromatic N) is 2. The van der Waals surface area contributed by atoms with Gasteiger partial charge in [-0.2, -0.15) is 5.10 Å². The van der Waals surface area contributed by atoms with Gasteiger partial charge in [0.15, 0.2) is 0 Å². The number of nitrogen functional groups attached to an aromatic ring is 1. The molecule has 0 amide bonds. The third kappa shape index (κ3) is 3.33. The molecule has 0 saturated heterocycles. The maximum absolute atomic E-state index is 13.1. The van der Waals surface area contributed by atoms with Gasteiger partial charge >= 0.3 is 0 Å². The van der Waals surface area contributed by atoms with Crippen molar-refractivity contribution in [2.24, 2.45) is 0 Å². The Kier molecular flexibility index (Phi) is 4.55. The van der Waals surface area contributed by atoms with Crippen LogP contribution in [0.2, 0.25) is 0 Å². The van der Waals surface area contributed by atoms with Crippen LogP contribution in [0.3, 0.4) is 0 Å². The Balaban J connectivity index is 1.99. The van der Waals surface area contributed by atoms with Gasteiger partial charge in [0.1, 0.15) is 18.2 Å². The zero-order valence-corrected chi connectivity index (χ0v) is 12.8. The van der Waals surface area contributed by atoms with Crippen LogP contribution in [-0.4, -0.2) is 30.1 Å². The molecule has 0 atom stereocenters. The first-order valence-electron chi connectivity index (χ1n) is 7.27. The number of ether oxygens (including phenoxy) is 2. The fourth-order valence-corrected chi connectivity index (χ4v) is 2.41. The van der Waals surface area contributed by atoms with Gasteiger partial charge in [-0.05, 0) is 42.5 Å². The summed E-state index contributed by atoms with van der Waals surface area (Å²) in [7, 11) is 1.63. The number of halogens is 1. The summed E-state index contributed by atoms with van der Waals surface area (Å²) in [5, 5.41) is 5.51. The number of hydrogen-bond donors (Lipinski definition) is 1. The lowest BCUT2D eigenvalue weighted by Gasteiger charge is -2.05. The highest BCUT2D eigenvalue weighted by molar-refractivity contribution is 5.95. The van der Waals surface area contributed by atoms with Crippen molar-refractivity contribution in [1.82, 2.24) is 9.78 Å². The van der Waals surface area contributed by atoms with Crippen LogP contribution in [-0.2, 0) is 16.2 Å². The molecule has 120 valence electrons. The molecule has 0 bridgehead atoms. The zero-order valence-electron chi connectivity index (χ0n) is 12.8. The maximum Gasteiger partial charge on any atom is 0.140 e. The maximum atomic E-state index is 13.1. The molecule has 1 heterocycles. The average Bonchev–Trinajstić information content (AvgIpc) is 2.90. The third-order valence-corrected chi connectivity index (χ3v) is 3.54. The molecular weight excluding hydrogens is 297 g/mol. The molecule has 23 heavy (non-hydrogen) atoms. The minimum absolute atomic E-state index is 0.278. The second kappa shape index (κ2) is 6.76. The minimum Gasteiger partial charge on any atom is -0.399 e. The number of rotatable bonds is 6. The smallest absolute Gasteiger partial charge is 0.140 e. The first-order valence-corrected chi connectivity index (χ1v) is 7.27. The third-order valence-electron chi connectivity index (χ3n) is 3.54. The molecule has 3 rings (SSSR count). The average molecular weight is 315 g/mol. The van der Waals surface area contributed by atoms with E-state index in [-0.39, 0.29) is 5.82 Å². The van der Waals surface area contributed by atoms with E-state index in [2.05, 4.69) is 5.10 Å². The van der Waals surface area contributed by atoms with Crippen molar-refractivity contribution in [3.05, 3.63) is 48.3 Å². The second-order valence-corrected chi connectivity index (χ2v) is 5.16. The predicted octanol–water partition coefficient (Wildman–Crippen LogP) is 3.05. The summed E-state index contributed by atoms with van der Waals surface area (Å²) < 4.78 is 25.4. The van der Waals surface area contributed by atoms with Crippen molar-refractivity contribution in [3.63, 3.8) is 0 Å². The summed E-state index contributed by atoms with van der Waals surface area (Å²) in [5.74, 6) is -0.278. The van der Waals surface area contributed by atoms with E-state index in [4.69, 9.17) is 15.2 Å². The number of anilines is 1. The van der Waals surface area contributed by atoms with Gasteiger partial charge in [0, 0.05) is 23.7 Å². The zero-order chi connectivity index (χ0) is 16.2. The molecule has 2 N–H and O–H groups in total. The molecule has 0 aliphatic rings. The summed E-state index contributed by atoms with van der Waals surface area (Å²) in [4.78, 5) is 0. The highest BCUT2D eigenvalue weighted by Crippen LogP contribution is 2.29. The quantitative estimate of drug-likeness (QED) is 0.561. The highest BCUT2D eigenvalue weighted by atomic mass is 19.1. The van der Waals surface area contributed by atoms with Crippen molar-refractivity contribution in [1.29, 1.82) is 0 Å². The molecule has 1 aromatic heterocycles. The number of nitrogens with two attached hydrogens (primary N) is 1. The first-order chi connectivity index (χ1) is 11.2. The molecule has 2 aromatic carbocycles. The van der Waals surface area contributed by atoms with Crippen molar-refractivity contribution < 1.29 is 13.9 Å². The number of hydrogen-bond acceptors (Lipinski definition) is 4. The molecule has 6 heteroatoms. The van der Waals surface area contributed by atoms with Gasteiger partial charge in [-0.3, -0.25) is 0 Å². The second-order valence-electron chi connectivity index (χ2n) is 5.16. The van der Waals surface area contributed by atoms with Crippen LogP contribution in [0.15, 0.2) is 42.5 Å². The normalized spacial score (nSPS) is 11.2. The molecule has 0 aliphatic heterocycles. The molecule has 3 aromatic rings. The lowest BCUT2D eigenvalue weighted by Crippen LogP contribution is -2.08. The standard InChI is InChI=1S/C17H18FN3O2/c1-22-8-9-23-11-21-16-7-6-14(19)10-15(16)17(20-21)12-2-4-13(18)5-3-12/h2-7,10H,8-9,11,19H2,1H3. The van der Waals surface area contributed by atoms with Crippen molar-refractivity contribution in [3.8, 4) is 11.3 Å². The topological polar surface area (TPSA) is 62.3 Å². The number of fused-ring (bicyclic) bond motifs is 1. The van der Waals surface area contributed by atoms with E-state index in [1.165, 1.54) is 12.1 Å². The highest BCUT2D eigenvalue weighted by Gasteiger charge is 2.13. The summed E-state index contributed by atoms with van der Waals surface area (Å²) >= 11 is 0. The minimum atomic E-state index is -0.278. The first kappa shape index (κ1) is 15.5. The van der Waals surface area contributed by atoms with Crippen molar-refractivity contribution in [2.45, 2.75) is 6.73 Å². The van der Waals surface area contributed by atoms with Gasteiger partial charge in [0.05, 0.1) is 18.7 Å². The van der Waals surface area contributed by atoms with Gasteiger partial charge in [0.25, 0.3) is 0 Å². The van der Waals surface area contributed by atoms with Gasteiger partial charge < -0.3 is 15.2 Å². The Morgan fingerprint density at radius 1 is 1.13 bits per heavy atom. The van der Waals surface area contributed by atoms with Gasteiger partial charge in [-0.15, -0.1) is 0 Å². The summed E-state index contributed by atoms with van der Waals surface area (Å²) in [6, 6.07) is 11.8. The summed E-state index contributed by atoms with van der Waals surface area (Å²) in [6.45, 7) is 1.32. The van der Waals surface area contributed by atoms with Gasteiger partial charge in [-0.1, -0.05) is 0 Å². The monoisotopic (exact) mass is 315 g/mol. The Bertz CT molecular complexity index is 799. The lowest BCUT2D eigenvalue weighted by atomic mass is 10.1. The van der Waals surface area contributed by atoms with Crippen LogP contribution < -0.4 is 5.73 Å². The molecule has 0 radical (unpaired) electrons. The fourth-order valence-electron chi connectivity index (χ4n) is 2.41. The van der Waals surface area contributed by atoms with Crippen LogP contribution in [0.4, 0.5) is 10.1 Å². The Hall–Kier alpha value is -2.44. The molecular formula is C17H18FN3O2. The van der Waals surface area contributed by atoms with Crippen LogP contribution in [0, 0.1) is 5.82 Å². The molecule has 0 spiro atoms. The Morgan fingerprint density at radius 2 is 1.91 bits per heavy atom. The van der Waals surface area contributed by atoms with Crippen molar-refractivity contribution in [2.75, 3.05) is 26.1 Å². The van der Waals surface area contributed by atoms with Crippen LogP contribution in [0.1, 0.15) is 0 Å². The van der Waals surface area contributed by atoms with Crippen LogP contribution in [0.5, 0.6) is 0 Å². The number of aromatic nitrogens is 2. The van der Waals surface area contributed by atoms with Crippen LogP contribution in [0.25, 0.3) is 22.2 Å². The summed E-state index contributed by atoms with van der Waals surface area (Å²) in [6.07, 6.45) is 0. The molecule has 0 saturated carbocycles. The van der Waals surface area contributed by atoms with E-state index in [9.17, 15) is 4.39 Å². The van der Waals surface area contributed by atoms with Crippen molar-refractivity contribution >= 4 is 16.6 Å². The molecule has 0 aliphatic carbocycles. The fraction of sp³-hybridized carbons (Fsp3) is 0.235. The van der Waals surface area contributed by atoms with Crippen LogP contribution >= 0.6 is 0 Å². The van der Waals surface area contributed by atoms with E-state index in [0.717, 1.165) is 22.2 Å². The predicted molar refractivity (Wildman–Crippen MR) is 87.4 cm³/mol.